The van der Waals surface area contributed by atoms with E-state index in [9.17, 15) is 13.6 Å². The van der Waals surface area contributed by atoms with E-state index in [4.69, 9.17) is 19.1 Å². The van der Waals surface area contributed by atoms with E-state index in [1.165, 1.54) is 29.5 Å². The van der Waals surface area contributed by atoms with Crippen molar-refractivity contribution in [2.24, 2.45) is 0 Å². The van der Waals surface area contributed by atoms with Crippen LogP contribution in [0.25, 0.3) is 32.0 Å². The Balaban J connectivity index is 1.20. The molecule has 1 amide bonds. The Morgan fingerprint density at radius 1 is 1.02 bits per heavy atom. The fourth-order valence-corrected chi connectivity index (χ4v) is 9.03. The monoisotopic (exact) mass is 690 g/mol. The summed E-state index contributed by atoms with van der Waals surface area (Å²) in [4.78, 5) is 27.0. The van der Waals surface area contributed by atoms with Crippen molar-refractivity contribution in [2.75, 3.05) is 19.0 Å². The van der Waals surface area contributed by atoms with Crippen LogP contribution in [0.4, 0.5) is 14.6 Å². The number of aromatic nitrogens is 4. The molecule has 2 aliphatic heterocycles. The number of carbonyl (C=O) groups excluding carboxylic acids is 1. The number of halogens is 2. The number of thiophene rings is 1. The number of nitrogens with one attached hydrogen (secondary N) is 1. The number of anilines is 1. The molecule has 0 saturated carbocycles. The van der Waals surface area contributed by atoms with Crippen LogP contribution in [0.15, 0.2) is 59.1 Å². The minimum absolute atomic E-state index is 0.0416. The van der Waals surface area contributed by atoms with Crippen molar-refractivity contribution in [1.29, 1.82) is 0 Å². The minimum atomic E-state index is -0.338. The van der Waals surface area contributed by atoms with E-state index in [-0.39, 0.29) is 29.6 Å². The second kappa shape index (κ2) is 12.0. The summed E-state index contributed by atoms with van der Waals surface area (Å²) < 4.78 is 40.8. The molecule has 9 rings (SSSR count). The number of hydrogen-bond acceptors (Lipinski definition) is 9. The zero-order chi connectivity index (χ0) is 34.1. The Morgan fingerprint density at radius 2 is 1.88 bits per heavy atom. The molecule has 1 fully saturated rings. The first-order valence-electron chi connectivity index (χ1n) is 16.8. The Hall–Kier alpha value is -5.23. The van der Waals surface area contributed by atoms with Gasteiger partial charge in [-0.2, -0.15) is 0 Å². The number of nitrogens with zero attached hydrogens (tertiary/aromatic N) is 5. The summed E-state index contributed by atoms with van der Waals surface area (Å²) in [6.07, 6.45) is 6.19. The number of methoxy groups -OCH3 is 1. The maximum atomic E-state index is 14.6. The summed E-state index contributed by atoms with van der Waals surface area (Å²) in [5.41, 5.74) is 6.33. The molecule has 2 aromatic carbocycles. The third-order valence-corrected chi connectivity index (χ3v) is 11.3. The number of fused-ring (bicyclic) bond motifs is 5. The third kappa shape index (κ3) is 5.03. The summed E-state index contributed by atoms with van der Waals surface area (Å²) in [5.74, 6) is 1.28. The molecule has 0 bridgehead atoms. The smallest absolute Gasteiger partial charge is 0.257 e. The van der Waals surface area contributed by atoms with Crippen LogP contribution in [0.2, 0.25) is 0 Å². The van der Waals surface area contributed by atoms with Gasteiger partial charge in [0, 0.05) is 36.2 Å². The van der Waals surface area contributed by atoms with Crippen LogP contribution in [0.5, 0.6) is 5.75 Å². The molecule has 9 nitrogen and oxygen atoms in total. The van der Waals surface area contributed by atoms with E-state index in [0.717, 1.165) is 74.3 Å². The van der Waals surface area contributed by atoms with Gasteiger partial charge in [0.2, 0.25) is 11.8 Å². The van der Waals surface area contributed by atoms with Crippen LogP contribution in [0, 0.1) is 18.6 Å². The van der Waals surface area contributed by atoms with Gasteiger partial charge < -0.3 is 19.4 Å². The molecule has 4 aromatic heterocycles. The molecule has 12 heteroatoms. The Bertz CT molecular complexity index is 2320. The number of hydrogen-bond donors (Lipinski definition) is 1. The van der Waals surface area contributed by atoms with Gasteiger partial charge in [-0.1, -0.05) is 12.1 Å². The minimum Gasteiger partial charge on any atom is -0.496 e. The van der Waals surface area contributed by atoms with E-state index in [1.54, 1.807) is 38.4 Å². The predicted octanol–water partition coefficient (Wildman–Crippen LogP) is 8.18. The van der Waals surface area contributed by atoms with Gasteiger partial charge in [0.1, 0.15) is 23.2 Å². The maximum Gasteiger partial charge on any atom is 0.257 e. The molecule has 6 aromatic rings. The lowest BCUT2D eigenvalue weighted by molar-refractivity contribution is 0.0776. The van der Waals surface area contributed by atoms with Gasteiger partial charge in [-0.3, -0.25) is 9.78 Å². The lowest BCUT2D eigenvalue weighted by atomic mass is 9.93. The molecule has 2 atom stereocenters. The average Bonchev–Trinajstić information content (AvgIpc) is 3.95. The van der Waals surface area contributed by atoms with E-state index < -0.39 is 0 Å². The first-order valence-corrected chi connectivity index (χ1v) is 17.6. The molecule has 1 aliphatic carbocycles. The van der Waals surface area contributed by atoms with E-state index in [2.05, 4.69) is 21.6 Å². The van der Waals surface area contributed by atoms with Gasteiger partial charge in [-0.15, -0.1) is 21.5 Å². The highest BCUT2D eigenvalue weighted by atomic mass is 32.1. The lowest BCUT2D eigenvalue weighted by Gasteiger charge is -2.16. The number of ether oxygens (including phenoxy) is 1. The van der Waals surface area contributed by atoms with Crippen molar-refractivity contribution in [2.45, 2.75) is 57.5 Å². The van der Waals surface area contributed by atoms with Gasteiger partial charge in [-0.25, -0.2) is 13.8 Å². The van der Waals surface area contributed by atoms with Crippen LogP contribution in [0.3, 0.4) is 0 Å². The number of aryl methyl sites for hydroxylation is 3. The fourth-order valence-electron chi connectivity index (χ4n) is 7.86. The molecule has 252 valence electrons. The third-order valence-electron chi connectivity index (χ3n) is 10.1. The second-order valence-electron chi connectivity index (χ2n) is 13.1. The molecule has 1 saturated heterocycles. The zero-order valence-corrected chi connectivity index (χ0v) is 28.2. The molecule has 0 radical (unpaired) electrons. The average molecular weight is 691 g/mol. The van der Waals surface area contributed by atoms with Gasteiger partial charge in [0.25, 0.3) is 5.91 Å². The van der Waals surface area contributed by atoms with Crippen LogP contribution < -0.4 is 10.1 Å². The van der Waals surface area contributed by atoms with Crippen molar-refractivity contribution in [3.05, 3.63) is 106 Å². The summed E-state index contributed by atoms with van der Waals surface area (Å²) >= 11 is 1.54. The van der Waals surface area contributed by atoms with E-state index in [0.29, 0.717) is 53.9 Å². The summed E-state index contributed by atoms with van der Waals surface area (Å²) in [6.45, 7) is 2.42. The highest BCUT2D eigenvalue weighted by molar-refractivity contribution is 7.23. The van der Waals surface area contributed by atoms with Gasteiger partial charge in [0.05, 0.1) is 46.4 Å². The summed E-state index contributed by atoms with van der Waals surface area (Å²) in [6, 6.07) is 13.3. The van der Waals surface area contributed by atoms with Gasteiger partial charge >= 0.3 is 0 Å². The predicted molar refractivity (Wildman–Crippen MR) is 185 cm³/mol. The zero-order valence-electron chi connectivity index (χ0n) is 27.4. The number of amides is 1. The van der Waals surface area contributed by atoms with Crippen LogP contribution >= 0.6 is 11.3 Å². The van der Waals surface area contributed by atoms with E-state index in [1.807, 2.05) is 11.0 Å². The molecular weight excluding hydrogens is 659 g/mol. The standard InChI is InChI=1S/C38H32F2N6O3S/c1-19-44-45-37(49-19)31-27(11-7-20-5-8-22(39)9-6-20)42-34-28-4-3-15-46(28)38(47)33(34)32(31)30-16-21-13-14-41-36(35(21)50-30)43-26-12-10-24-25(26)17-23(40)18-29(24)48-2/h5-6,8-9,13-14,16-18,26,28H,3-4,7,10-12,15H2,1-2H3,(H,41,43)/t26-,28-/m1/s1. The normalized spacial score (nSPS) is 17.8. The first-order chi connectivity index (χ1) is 24.4. The Morgan fingerprint density at radius 3 is 2.68 bits per heavy atom. The molecule has 1 N–H and O–H groups in total. The summed E-state index contributed by atoms with van der Waals surface area (Å²) in [5, 5.41) is 13.2. The Kier molecular flexibility index (Phi) is 7.38. The number of carbonyl (C=O) groups is 1. The van der Waals surface area contributed by atoms with Gasteiger partial charge in [0.15, 0.2) is 0 Å². The van der Waals surface area contributed by atoms with Crippen molar-refractivity contribution in [1.82, 2.24) is 25.1 Å². The number of rotatable bonds is 8. The van der Waals surface area contributed by atoms with Crippen LogP contribution in [0.1, 0.15) is 75.7 Å². The summed E-state index contributed by atoms with van der Waals surface area (Å²) in [7, 11) is 1.56. The molecular formula is C38H32F2N6O3S. The molecule has 0 unspecified atom stereocenters. The van der Waals surface area contributed by atoms with Crippen molar-refractivity contribution < 1.29 is 22.7 Å². The van der Waals surface area contributed by atoms with Gasteiger partial charge in [-0.05, 0) is 90.9 Å². The molecule has 3 aliphatic rings. The fraction of sp³-hybridized carbons (Fsp3) is 0.289. The molecule has 50 heavy (non-hydrogen) atoms. The highest BCUT2D eigenvalue weighted by Gasteiger charge is 2.45. The number of benzene rings is 2. The van der Waals surface area contributed by atoms with Crippen molar-refractivity contribution in [3.8, 4) is 27.6 Å². The lowest BCUT2D eigenvalue weighted by Crippen LogP contribution is -2.22. The largest absolute Gasteiger partial charge is 0.496 e. The quantitative estimate of drug-likeness (QED) is 0.171. The molecule has 6 heterocycles. The topological polar surface area (TPSA) is 106 Å². The number of pyridine rings is 2. The second-order valence-corrected chi connectivity index (χ2v) is 14.1. The highest BCUT2D eigenvalue weighted by Crippen LogP contribution is 2.51. The van der Waals surface area contributed by atoms with Crippen LogP contribution in [-0.2, 0) is 19.3 Å². The van der Waals surface area contributed by atoms with Crippen molar-refractivity contribution >= 4 is 33.1 Å². The first kappa shape index (κ1) is 30.8. The molecule has 0 spiro atoms. The van der Waals surface area contributed by atoms with Crippen LogP contribution in [-0.4, -0.2) is 44.6 Å². The Labute approximate surface area is 290 Å². The maximum absolute atomic E-state index is 14.6. The van der Waals surface area contributed by atoms with Crippen molar-refractivity contribution in [3.63, 3.8) is 0 Å². The van der Waals surface area contributed by atoms with E-state index >= 15 is 0 Å². The SMILES string of the molecule is COc1cc(F)cc2c1CC[C@H]2Nc1nccc2cc(-c3c4c(nc(CCc5ccc(F)cc5)c3-c3nnc(C)o3)[C@H]3CCCN3C4=O)sc12.